The van der Waals surface area contributed by atoms with E-state index in [1.54, 1.807) is 12.1 Å². The Bertz CT molecular complexity index is 845. The van der Waals surface area contributed by atoms with Crippen LogP contribution in [0, 0.1) is 10.1 Å². The van der Waals surface area contributed by atoms with Crippen molar-refractivity contribution >= 4 is 5.69 Å². The van der Waals surface area contributed by atoms with Crippen molar-refractivity contribution in [1.82, 2.24) is 5.32 Å². The smallest absolute Gasteiger partial charge is 0.270 e. The molecule has 3 aromatic rings. The van der Waals surface area contributed by atoms with Gasteiger partial charge in [0, 0.05) is 24.7 Å². The van der Waals surface area contributed by atoms with E-state index < -0.39 is 0 Å². The number of rotatable bonds is 6. The van der Waals surface area contributed by atoms with Crippen LogP contribution < -0.4 is 5.32 Å². The van der Waals surface area contributed by atoms with Crippen LogP contribution in [0.5, 0.6) is 0 Å². The normalized spacial score (nSPS) is 11.9. The molecule has 3 rings (SSSR count). The molecule has 4 heteroatoms. The van der Waals surface area contributed by atoms with Crippen molar-refractivity contribution in [2.24, 2.45) is 0 Å². The van der Waals surface area contributed by atoms with Crippen LogP contribution in [-0.2, 0) is 6.54 Å². The number of hydrogen-bond acceptors (Lipinski definition) is 3. The highest BCUT2D eigenvalue weighted by Crippen LogP contribution is 2.24. The minimum atomic E-state index is -0.368. The summed E-state index contributed by atoms with van der Waals surface area (Å²) in [5.74, 6) is 0. The third-order valence-corrected chi connectivity index (χ3v) is 4.26. The lowest BCUT2D eigenvalue weighted by molar-refractivity contribution is -0.384. The maximum atomic E-state index is 10.9. The first kappa shape index (κ1) is 16.9. The summed E-state index contributed by atoms with van der Waals surface area (Å²) in [6.45, 7) is 2.91. The molecular formula is C21H20N2O2. The van der Waals surface area contributed by atoms with Crippen LogP contribution in [0.3, 0.4) is 0 Å². The number of nitro benzene ring substituents is 1. The van der Waals surface area contributed by atoms with Crippen LogP contribution >= 0.6 is 0 Å². The van der Waals surface area contributed by atoms with Crippen LogP contribution in [-0.4, -0.2) is 4.92 Å². The van der Waals surface area contributed by atoms with Gasteiger partial charge in [0.25, 0.3) is 5.69 Å². The van der Waals surface area contributed by atoms with Gasteiger partial charge in [-0.05, 0) is 29.2 Å². The van der Waals surface area contributed by atoms with Gasteiger partial charge in [0.05, 0.1) is 4.92 Å². The monoisotopic (exact) mass is 332 g/mol. The Labute approximate surface area is 147 Å². The lowest BCUT2D eigenvalue weighted by Crippen LogP contribution is -2.17. The molecule has 126 valence electrons. The van der Waals surface area contributed by atoms with Gasteiger partial charge in [-0.1, -0.05) is 66.7 Å². The lowest BCUT2D eigenvalue weighted by atomic mass is 10.0. The zero-order valence-corrected chi connectivity index (χ0v) is 14.1. The maximum Gasteiger partial charge on any atom is 0.270 e. The fourth-order valence-corrected chi connectivity index (χ4v) is 2.74. The van der Waals surface area contributed by atoms with Crippen LogP contribution in [0.1, 0.15) is 24.1 Å². The van der Waals surface area contributed by atoms with Crippen molar-refractivity contribution in [3.63, 3.8) is 0 Å². The molecular weight excluding hydrogens is 312 g/mol. The molecule has 0 aromatic heterocycles. The van der Waals surface area contributed by atoms with E-state index in [9.17, 15) is 10.1 Å². The van der Waals surface area contributed by atoms with E-state index in [1.807, 2.05) is 36.4 Å². The first-order valence-corrected chi connectivity index (χ1v) is 8.25. The third-order valence-electron chi connectivity index (χ3n) is 4.26. The van der Waals surface area contributed by atoms with E-state index in [2.05, 4.69) is 36.5 Å². The Hall–Kier alpha value is -2.98. The van der Waals surface area contributed by atoms with Crippen molar-refractivity contribution in [2.45, 2.75) is 19.5 Å². The van der Waals surface area contributed by atoms with Gasteiger partial charge in [0.15, 0.2) is 0 Å². The number of benzene rings is 3. The molecule has 0 aliphatic carbocycles. The van der Waals surface area contributed by atoms with E-state index in [0.717, 1.165) is 17.7 Å². The number of non-ortho nitro benzene ring substituents is 1. The summed E-state index contributed by atoms with van der Waals surface area (Å²) < 4.78 is 0. The topological polar surface area (TPSA) is 55.2 Å². The van der Waals surface area contributed by atoms with Crippen LogP contribution in [0.4, 0.5) is 5.69 Å². The van der Waals surface area contributed by atoms with Gasteiger partial charge in [0.2, 0.25) is 0 Å². The Morgan fingerprint density at radius 3 is 2.32 bits per heavy atom. The van der Waals surface area contributed by atoms with Gasteiger partial charge < -0.3 is 5.32 Å². The summed E-state index contributed by atoms with van der Waals surface area (Å²) in [5, 5.41) is 14.4. The maximum absolute atomic E-state index is 10.9. The highest BCUT2D eigenvalue weighted by Gasteiger charge is 2.07. The quantitative estimate of drug-likeness (QED) is 0.504. The molecule has 0 radical (unpaired) electrons. The molecule has 0 spiro atoms. The highest BCUT2D eigenvalue weighted by molar-refractivity contribution is 5.66. The molecule has 0 amide bonds. The molecule has 0 saturated carbocycles. The Morgan fingerprint density at radius 1 is 0.920 bits per heavy atom. The predicted octanol–water partition coefficient (Wildman–Crippen LogP) is 5.11. The second kappa shape index (κ2) is 7.73. The molecule has 0 saturated heterocycles. The second-order valence-corrected chi connectivity index (χ2v) is 6.02. The van der Waals surface area contributed by atoms with Crippen molar-refractivity contribution in [2.75, 3.05) is 0 Å². The van der Waals surface area contributed by atoms with Gasteiger partial charge in [-0.3, -0.25) is 10.1 Å². The summed E-state index contributed by atoms with van der Waals surface area (Å²) in [5.41, 5.74) is 4.38. The predicted molar refractivity (Wildman–Crippen MR) is 100 cm³/mol. The largest absolute Gasteiger partial charge is 0.306 e. The molecule has 0 fully saturated rings. The lowest BCUT2D eigenvalue weighted by Gasteiger charge is -2.14. The molecule has 0 aliphatic rings. The zero-order chi connectivity index (χ0) is 17.6. The molecule has 0 heterocycles. The minimum Gasteiger partial charge on any atom is -0.306 e. The number of hydrogen-bond donors (Lipinski definition) is 1. The van der Waals surface area contributed by atoms with Crippen LogP contribution in [0.25, 0.3) is 11.1 Å². The first-order chi connectivity index (χ1) is 12.1. The third kappa shape index (κ3) is 4.31. The van der Waals surface area contributed by atoms with Gasteiger partial charge in [-0.25, -0.2) is 0 Å². The van der Waals surface area contributed by atoms with Crippen LogP contribution in [0.15, 0.2) is 78.9 Å². The average molecular weight is 332 g/mol. The van der Waals surface area contributed by atoms with Crippen molar-refractivity contribution < 1.29 is 4.92 Å². The Kier molecular flexibility index (Phi) is 5.21. The van der Waals surface area contributed by atoms with Gasteiger partial charge >= 0.3 is 0 Å². The SMILES string of the molecule is C[C@@H](NCc1ccc(-c2cccc([N+](=O)[O-])c2)cc1)c1ccccc1. The summed E-state index contributed by atoms with van der Waals surface area (Å²) in [6, 6.07) is 25.4. The fourth-order valence-electron chi connectivity index (χ4n) is 2.74. The molecule has 0 aliphatic heterocycles. The molecule has 3 aromatic carbocycles. The highest BCUT2D eigenvalue weighted by atomic mass is 16.6. The summed E-state index contributed by atoms with van der Waals surface area (Å²) in [6.07, 6.45) is 0. The molecule has 1 N–H and O–H groups in total. The standard InChI is InChI=1S/C21H20N2O2/c1-16(18-6-3-2-4-7-18)22-15-17-10-12-19(13-11-17)20-8-5-9-21(14-20)23(24)25/h2-14,16,22H,15H2,1H3/t16-/m1/s1. The second-order valence-electron chi connectivity index (χ2n) is 6.02. The van der Waals surface area contributed by atoms with E-state index in [-0.39, 0.29) is 16.7 Å². The van der Waals surface area contributed by atoms with Crippen molar-refractivity contribution in [3.05, 3.63) is 100 Å². The number of nitro groups is 1. The molecule has 4 nitrogen and oxygen atoms in total. The Morgan fingerprint density at radius 2 is 1.64 bits per heavy atom. The summed E-state index contributed by atoms with van der Waals surface area (Å²) in [4.78, 5) is 10.5. The van der Waals surface area contributed by atoms with E-state index in [1.165, 1.54) is 17.2 Å². The number of nitrogens with zero attached hydrogens (tertiary/aromatic N) is 1. The zero-order valence-electron chi connectivity index (χ0n) is 14.1. The first-order valence-electron chi connectivity index (χ1n) is 8.25. The van der Waals surface area contributed by atoms with E-state index in [0.29, 0.717) is 0 Å². The molecule has 0 bridgehead atoms. The Balaban J connectivity index is 1.66. The number of nitrogens with one attached hydrogen (secondary N) is 1. The average Bonchev–Trinajstić information content (AvgIpc) is 2.67. The van der Waals surface area contributed by atoms with Crippen molar-refractivity contribution in [1.29, 1.82) is 0 Å². The molecule has 1 atom stereocenters. The minimum absolute atomic E-state index is 0.111. The van der Waals surface area contributed by atoms with E-state index in [4.69, 9.17) is 0 Å². The molecule has 0 unspecified atom stereocenters. The summed E-state index contributed by atoms with van der Waals surface area (Å²) >= 11 is 0. The van der Waals surface area contributed by atoms with E-state index >= 15 is 0 Å². The van der Waals surface area contributed by atoms with Crippen LogP contribution in [0.2, 0.25) is 0 Å². The van der Waals surface area contributed by atoms with Gasteiger partial charge in [0.1, 0.15) is 0 Å². The van der Waals surface area contributed by atoms with Gasteiger partial charge in [-0.15, -0.1) is 0 Å². The van der Waals surface area contributed by atoms with Crippen molar-refractivity contribution in [3.8, 4) is 11.1 Å². The summed E-state index contributed by atoms with van der Waals surface area (Å²) in [7, 11) is 0. The fraction of sp³-hybridized carbons (Fsp3) is 0.143. The van der Waals surface area contributed by atoms with Gasteiger partial charge in [-0.2, -0.15) is 0 Å². The molecule has 25 heavy (non-hydrogen) atoms.